The molecule has 0 aliphatic carbocycles. The number of nitrogen functional groups attached to an aromatic ring is 1. The first-order valence-electron chi connectivity index (χ1n) is 25.2. The van der Waals surface area contributed by atoms with Gasteiger partial charge >= 0.3 is 33.3 Å². The van der Waals surface area contributed by atoms with Crippen LogP contribution in [-0.2, 0) is 46.3 Å². The van der Waals surface area contributed by atoms with Crippen molar-refractivity contribution in [1.82, 2.24) is 9.55 Å². The van der Waals surface area contributed by atoms with Crippen molar-refractivity contribution in [3.63, 3.8) is 0 Å². The van der Waals surface area contributed by atoms with Gasteiger partial charge in [0.05, 0.1) is 13.2 Å². The molecule has 7 atom stereocenters. The Hall–Kier alpha value is -4.32. The zero-order valence-electron chi connectivity index (χ0n) is 42.2. The monoisotopic (exact) mass is 1050 g/mol. The van der Waals surface area contributed by atoms with E-state index in [0.717, 1.165) is 113 Å². The predicted molar refractivity (Wildman–Crippen MR) is 279 cm³/mol. The third-order valence-electron chi connectivity index (χ3n) is 10.7. The number of carbonyl (C=O) groups is 2. The quantitative estimate of drug-likeness (QED) is 0.0177. The zero-order chi connectivity index (χ0) is 52.7. The molecular formula is C52H81N3O15P2. The molecule has 0 spiro atoms. The van der Waals surface area contributed by atoms with E-state index in [9.17, 15) is 43.5 Å². The molecular weight excluding hydrogens is 969 g/mol. The number of anilines is 1. The number of nitrogens with zero attached hydrogens (tertiary/aromatic N) is 2. The summed E-state index contributed by atoms with van der Waals surface area (Å²) in [6.07, 6.45) is 43.4. The summed E-state index contributed by atoms with van der Waals surface area (Å²) in [4.78, 5) is 61.9. The van der Waals surface area contributed by atoms with Gasteiger partial charge in [0.25, 0.3) is 0 Å². The number of hydrogen-bond donors (Lipinski definition) is 5. The first-order valence-corrected chi connectivity index (χ1v) is 28.2. The van der Waals surface area contributed by atoms with E-state index >= 15 is 0 Å². The first-order chi connectivity index (χ1) is 34.7. The number of ether oxygens (including phenoxy) is 3. The van der Waals surface area contributed by atoms with Crippen LogP contribution in [0.5, 0.6) is 0 Å². The fourth-order valence-corrected chi connectivity index (χ4v) is 8.93. The van der Waals surface area contributed by atoms with Gasteiger partial charge in [-0.25, -0.2) is 13.9 Å². The highest BCUT2D eigenvalue weighted by atomic mass is 31.3. The Balaban J connectivity index is 1.83. The second-order valence-corrected chi connectivity index (χ2v) is 19.9. The number of phosphoric acid groups is 2. The number of esters is 2. The van der Waals surface area contributed by atoms with Crippen LogP contribution in [0, 0.1) is 0 Å². The van der Waals surface area contributed by atoms with Crippen LogP contribution >= 0.6 is 15.6 Å². The number of unbranched alkanes of at least 4 members (excludes halogenated alkanes) is 8. The minimum atomic E-state index is -5.44. The molecule has 404 valence electrons. The maximum absolute atomic E-state index is 12.9. The molecule has 1 aliphatic heterocycles. The summed E-state index contributed by atoms with van der Waals surface area (Å²) in [6.45, 7) is 1.87. The number of rotatable bonds is 40. The van der Waals surface area contributed by atoms with Gasteiger partial charge in [-0.1, -0.05) is 137 Å². The molecule has 2 rings (SSSR count). The van der Waals surface area contributed by atoms with E-state index in [1.165, 1.54) is 6.07 Å². The summed E-state index contributed by atoms with van der Waals surface area (Å²) in [5.74, 6) is -1.37. The van der Waals surface area contributed by atoms with Crippen LogP contribution in [0.25, 0.3) is 0 Å². The lowest BCUT2D eigenvalue weighted by atomic mass is 10.1. The van der Waals surface area contributed by atoms with Gasteiger partial charge in [0.2, 0.25) is 0 Å². The molecule has 0 radical (unpaired) electrons. The second-order valence-electron chi connectivity index (χ2n) is 16.9. The molecule has 6 N–H and O–H groups in total. The van der Waals surface area contributed by atoms with Gasteiger partial charge in [-0.2, -0.15) is 9.29 Å². The van der Waals surface area contributed by atoms with Gasteiger partial charge in [0.15, 0.2) is 12.3 Å². The van der Waals surface area contributed by atoms with E-state index in [2.05, 4.69) is 120 Å². The van der Waals surface area contributed by atoms with Crippen molar-refractivity contribution in [2.45, 2.75) is 173 Å². The molecule has 1 aromatic rings. The molecule has 18 nitrogen and oxygen atoms in total. The number of allylic oxidation sites excluding steroid dienone is 16. The minimum Gasteiger partial charge on any atom is -0.462 e. The van der Waals surface area contributed by atoms with Crippen molar-refractivity contribution >= 4 is 33.4 Å². The van der Waals surface area contributed by atoms with Crippen LogP contribution in [-0.4, -0.2) is 85.7 Å². The largest absolute Gasteiger partial charge is 0.481 e. The summed E-state index contributed by atoms with van der Waals surface area (Å²) in [7, 11) is -10.9. The molecule has 0 saturated carbocycles. The fraction of sp³-hybridized carbons (Fsp3) is 0.577. The summed E-state index contributed by atoms with van der Waals surface area (Å²) in [5, 5.41) is 20.9. The topological polar surface area (TPSA) is 265 Å². The van der Waals surface area contributed by atoms with Crippen LogP contribution in [0.4, 0.5) is 5.82 Å². The van der Waals surface area contributed by atoms with Crippen molar-refractivity contribution in [2.24, 2.45) is 0 Å². The molecule has 0 aromatic carbocycles. The van der Waals surface area contributed by atoms with Crippen LogP contribution in [0.1, 0.15) is 148 Å². The van der Waals surface area contributed by atoms with Crippen molar-refractivity contribution < 1.29 is 66.3 Å². The second kappa shape index (κ2) is 39.2. The van der Waals surface area contributed by atoms with E-state index in [1.54, 1.807) is 0 Å². The average Bonchev–Trinajstić information content (AvgIpc) is 3.62. The summed E-state index contributed by atoms with van der Waals surface area (Å²) in [5.41, 5.74) is 4.58. The first kappa shape index (κ1) is 63.8. The SMILES string of the molecule is CC/C=C\C/C=C\C/C=C\C/C=C\CCCCCCC(=O)OC[C@H](COP(=O)(O)OP(=O)(O)OC[C@H]1O[C@@H](n2ccc(N)nc2=O)C(O)[C@H]1O)OC(=O)CCCCCC/C=C\C/C=C\C/C=C\C/C=C\CC. The number of aromatic nitrogens is 2. The van der Waals surface area contributed by atoms with Crippen LogP contribution < -0.4 is 11.4 Å². The van der Waals surface area contributed by atoms with E-state index in [0.29, 0.717) is 12.8 Å². The van der Waals surface area contributed by atoms with Gasteiger partial charge in [-0.15, -0.1) is 0 Å². The number of hydrogen-bond acceptors (Lipinski definition) is 15. The van der Waals surface area contributed by atoms with Crippen molar-refractivity contribution in [1.29, 1.82) is 0 Å². The lowest BCUT2D eigenvalue weighted by Gasteiger charge is -2.21. The Labute approximate surface area is 426 Å². The average molecular weight is 1050 g/mol. The number of nitrogens with two attached hydrogens (primary N) is 1. The Morgan fingerprint density at radius 2 is 1.12 bits per heavy atom. The predicted octanol–water partition coefficient (Wildman–Crippen LogP) is 10.4. The zero-order valence-corrected chi connectivity index (χ0v) is 44.0. The van der Waals surface area contributed by atoms with E-state index in [1.807, 2.05) is 0 Å². The van der Waals surface area contributed by atoms with E-state index in [4.69, 9.17) is 29.0 Å². The maximum Gasteiger partial charge on any atom is 0.481 e. The van der Waals surface area contributed by atoms with Gasteiger partial charge in [0.1, 0.15) is 30.7 Å². The molecule has 1 aromatic heterocycles. The third kappa shape index (κ3) is 31.3. The number of carbonyl (C=O) groups excluding carboxylic acids is 2. The van der Waals surface area contributed by atoms with Crippen LogP contribution in [0.2, 0.25) is 0 Å². The van der Waals surface area contributed by atoms with Crippen molar-refractivity contribution in [3.05, 3.63) is 120 Å². The number of phosphoric ester groups is 2. The molecule has 2 heterocycles. The standard InChI is InChI=1S/C52H81N3O15P2/c1-3-5-7-9-11-13-15-17-19-21-23-25-27-29-31-33-35-37-47(56)65-41-44(68-48(57)38-36-34-32-30-28-26-24-22-20-18-16-14-12-10-8-6-4-2)42-66-71(61,62)70-72(63,64)67-43-45-49(58)50(59)51(69-45)55-40-39-46(53)54-52(55)60/h5-8,11-14,17-20,23-26,39-40,44-45,49-51,58-59H,3-4,9-10,15-16,21-22,27-38,41-43H2,1-2H3,(H,61,62)(H,63,64)(H2,53,54,60)/b7-5-,8-6-,13-11-,14-12-,19-17-,20-18-,25-23-,26-24-/t44-,45-,49+,50?,51-/m1/s1. The molecule has 20 heteroatoms. The lowest BCUT2D eigenvalue weighted by Crippen LogP contribution is -2.36. The summed E-state index contributed by atoms with van der Waals surface area (Å²) in [6, 6.07) is 1.24. The molecule has 0 amide bonds. The van der Waals surface area contributed by atoms with Crippen molar-refractivity contribution in [2.75, 3.05) is 25.6 Å². The highest BCUT2D eigenvalue weighted by Gasteiger charge is 2.46. The Morgan fingerprint density at radius 3 is 1.62 bits per heavy atom. The van der Waals surface area contributed by atoms with Gasteiger partial charge in [-0.3, -0.25) is 23.2 Å². The molecule has 3 unspecified atom stereocenters. The molecule has 1 aliphatic rings. The van der Waals surface area contributed by atoms with Gasteiger partial charge in [-0.05, 0) is 96.0 Å². The highest BCUT2D eigenvalue weighted by molar-refractivity contribution is 7.61. The van der Waals surface area contributed by atoms with E-state index in [-0.39, 0.29) is 18.7 Å². The third-order valence-corrected chi connectivity index (χ3v) is 13.3. The lowest BCUT2D eigenvalue weighted by molar-refractivity contribution is -0.161. The highest BCUT2D eigenvalue weighted by Crippen LogP contribution is 2.60. The van der Waals surface area contributed by atoms with Crippen LogP contribution in [0.3, 0.4) is 0 Å². The summed E-state index contributed by atoms with van der Waals surface area (Å²) >= 11 is 0. The molecule has 1 saturated heterocycles. The van der Waals surface area contributed by atoms with Gasteiger partial charge in [0, 0.05) is 19.0 Å². The molecule has 0 bridgehead atoms. The maximum atomic E-state index is 12.9. The van der Waals surface area contributed by atoms with Crippen LogP contribution in [0.15, 0.2) is 114 Å². The molecule has 72 heavy (non-hydrogen) atoms. The smallest absolute Gasteiger partial charge is 0.462 e. The Morgan fingerprint density at radius 1 is 0.667 bits per heavy atom. The van der Waals surface area contributed by atoms with Crippen molar-refractivity contribution in [3.8, 4) is 0 Å². The fourth-order valence-electron chi connectivity index (χ4n) is 6.82. The Kier molecular flexibility index (Phi) is 34.7. The van der Waals surface area contributed by atoms with E-state index < -0.39 is 83.7 Å². The number of aliphatic hydroxyl groups excluding tert-OH is 2. The minimum absolute atomic E-state index is 0.0103. The van der Waals surface area contributed by atoms with Gasteiger partial charge < -0.3 is 39.9 Å². The molecule has 1 fully saturated rings. The normalized spacial score (nSPS) is 19.9. The number of aliphatic hydroxyl groups is 2. The summed E-state index contributed by atoms with van der Waals surface area (Å²) < 4.78 is 56.8. The Bertz CT molecular complexity index is 2080.